The largest absolute Gasteiger partial charge is 0.472 e. The van der Waals surface area contributed by atoms with Gasteiger partial charge in [0.15, 0.2) is 6.10 Å². The standard InChI is InChI=1S/C52H94NO8P/c1-4-6-8-10-12-14-16-18-20-22-24-25-27-29-31-33-35-37-39-41-43-45-52(55)61-50(49-60-62(56,57)59-47-46-53-3)48-58-51(54)44-42-40-38-36-34-32-30-28-26-23-21-19-17-15-13-11-9-7-5-2/h13,15,18-21,26,28,32,34,50,53H,4-12,14,16-17,22-25,27,29-31,33,35-49H2,1-3H3,(H,56,57)/b15-13-,20-18-,21-19-,28-26-,34-32-. The highest BCUT2D eigenvalue weighted by Crippen LogP contribution is 2.43. The summed E-state index contributed by atoms with van der Waals surface area (Å²) >= 11 is 0. The van der Waals surface area contributed by atoms with Crippen molar-refractivity contribution in [3.63, 3.8) is 0 Å². The van der Waals surface area contributed by atoms with E-state index in [4.69, 9.17) is 18.5 Å². The highest BCUT2D eigenvalue weighted by Gasteiger charge is 2.26. The molecule has 62 heavy (non-hydrogen) atoms. The van der Waals surface area contributed by atoms with Gasteiger partial charge in [0, 0.05) is 19.4 Å². The molecule has 0 aliphatic heterocycles. The zero-order valence-electron chi connectivity index (χ0n) is 40.1. The van der Waals surface area contributed by atoms with Gasteiger partial charge in [0.25, 0.3) is 0 Å². The minimum absolute atomic E-state index is 0.0242. The topological polar surface area (TPSA) is 120 Å². The van der Waals surface area contributed by atoms with Crippen molar-refractivity contribution in [3.05, 3.63) is 60.8 Å². The number of carbonyl (C=O) groups excluding carboxylic acids is 2. The minimum atomic E-state index is -4.36. The number of unbranched alkanes of at least 4 members (excludes halogenated alkanes) is 23. The maximum absolute atomic E-state index is 12.7. The van der Waals surface area contributed by atoms with Crippen LogP contribution in [0.25, 0.3) is 0 Å². The summed E-state index contributed by atoms with van der Waals surface area (Å²) in [4.78, 5) is 35.2. The normalized spacial score (nSPS) is 13.7. The van der Waals surface area contributed by atoms with Crippen LogP contribution in [-0.4, -0.2) is 56.3 Å². The Morgan fingerprint density at radius 1 is 0.500 bits per heavy atom. The van der Waals surface area contributed by atoms with E-state index in [9.17, 15) is 19.0 Å². The number of carbonyl (C=O) groups is 2. The monoisotopic (exact) mass is 892 g/mol. The number of esters is 2. The van der Waals surface area contributed by atoms with Gasteiger partial charge in [0.05, 0.1) is 13.2 Å². The average molecular weight is 892 g/mol. The van der Waals surface area contributed by atoms with Crippen LogP contribution in [0.15, 0.2) is 60.8 Å². The number of allylic oxidation sites excluding steroid dienone is 10. The van der Waals surface area contributed by atoms with Gasteiger partial charge in [-0.2, -0.15) is 0 Å². The molecule has 360 valence electrons. The van der Waals surface area contributed by atoms with Gasteiger partial charge in [-0.1, -0.05) is 184 Å². The second kappa shape index (κ2) is 48.2. The van der Waals surface area contributed by atoms with Crippen LogP contribution < -0.4 is 5.32 Å². The van der Waals surface area contributed by atoms with E-state index in [1.807, 2.05) is 0 Å². The summed E-state index contributed by atoms with van der Waals surface area (Å²) < 4.78 is 33.3. The Labute approximate surface area is 381 Å². The predicted octanol–water partition coefficient (Wildman–Crippen LogP) is 15.1. The maximum Gasteiger partial charge on any atom is 0.472 e. The van der Waals surface area contributed by atoms with E-state index >= 15 is 0 Å². The molecule has 0 radical (unpaired) electrons. The van der Waals surface area contributed by atoms with Gasteiger partial charge in [-0.05, 0) is 90.5 Å². The lowest BCUT2D eigenvalue weighted by atomic mass is 10.0. The van der Waals surface area contributed by atoms with Crippen LogP contribution in [0.1, 0.15) is 219 Å². The predicted molar refractivity (Wildman–Crippen MR) is 261 cm³/mol. The van der Waals surface area contributed by atoms with Crippen molar-refractivity contribution in [2.75, 3.05) is 33.4 Å². The molecule has 0 rings (SSSR count). The van der Waals surface area contributed by atoms with Gasteiger partial charge < -0.3 is 19.7 Å². The molecule has 0 aromatic heterocycles. The minimum Gasteiger partial charge on any atom is -0.462 e. The quantitative estimate of drug-likeness (QED) is 0.0266. The molecule has 0 saturated heterocycles. The fourth-order valence-electron chi connectivity index (χ4n) is 6.77. The van der Waals surface area contributed by atoms with E-state index in [0.717, 1.165) is 57.8 Å². The molecule has 0 aromatic carbocycles. The second-order valence-electron chi connectivity index (χ2n) is 16.6. The van der Waals surface area contributed by atoms with E-state index in [-0.39, 0.29) is 26.1 Å². The van der Waals surface area contributed by atoms with Crippen LogP contribution in [0.4, 0.5) is 0 Å². The van der Waals surface area contributed by atoms with Crippen molar-refractivity contribution in [2.45, 2.75) is 225 Å². The van der Waals surface area contributed by atoms with E-state index in [2.05, 4.69) is 79.9 Å². The van der Waals surface area contributed by atoms with E-state index in [0.29, 0.717) is 19.4 Å². The summed E-state index contributed by atoms with van der Waals surface area (Å²) in [6.07, 6.45) is 57.0. The fraction of sp³-hybridized carbons (Fsp3) is 0.769. The average Bonchev–Trinajstić information content (AvgIpc) is 3.26. The molecular formula is C52H94NO8P. The fourth-order valence-corrected chi connectivity index (χ4v) is 7.52. The van der Waals surface area contributed by atoms with Gasteiger partial charge in [-0.3, -0.25) is 18.6 Å². The highest BCUT2D eigenvalue weighted by molar-refractivity contribution is 7.47. The van der Waals surface area contributed by atoms with E-state index in [1.165, 1.54) is 122 Å². The number of rotatable bonds is 47. The molecule has 0 saturated carbocycles. The first-order chi connectivity index (χ1) is 30.3. The summed E-state index contributed by atoms with van der Waals surface area (Å²) in [6, 6.07) is 0. The summed E-state index contributed by atoms with van der Waals surface area (Å²) in [5.74, 6) is -0.841. The second-order valence-corrected chi connectivity index (χ2v) is 18.1. The molecule has 0 fully saturated rings. The molecule has 0 aliphatic rings. The number of hydrogen-bond donors (Lipinski definition) is 2. The zero-order chi connectivity index (χ0) is 45.3. The Bertz CT molecular complexity index is 1200. The van der Waals surface area contributed by atoms with Crippen LogP contribution in [0.3, 0.4) is 0 Å². The van der Waals surface area contributed by atoms with Crippen molar-refractivity contribution in [3.8, 4) is 0 Å². The molecule has 2 unspecified atom stereocenters. The van der Waals surface area contributed by atoms with Gasteiger partial charge >= 0.3 is 19.8 Å². The smallest absolute Gasteiger partial charge is 0.462 e. The number of ether oxygens (including phenoxy) is 2. The zero-order valence-corrected chi connectivity index (χ0v) is 41.0. The molecule has 0 heterocycles. The maximum atomic E-state index is 12.7. The Morgan fingerprint density at radius 3 is 1.35 bits per heavy atom. The van der Waals surface area contributed by atoms with Crippen LogP contribution >= 0.6 is 7.82 Å². The number of phosphoric ester groups is 1. The lowest BCUT2D eigenvalue weighted by Crippen LogP contribution is -2.29. The number of likely N-dealkylation sites (N-methyl/N-ethyl adjacent to an activating group) is 1. The first-order valence-electron chi connectivity index (χ1n) is 25.2. The third-order valence-corrected chi connectivity index (χ3v) is 11.6. The molecule has 9 nitrogen and oxygen atoms in total. The van der Waals surface area contributed by atoms with Gasteiger partial charge in [0.1, 0.15) is 6.61 Å². The van der Waals surface area contributed by atoms with Crippen LogP contribution in [0.2, 0.25) is 0 Å². The van der Waals surface area contributed by atoms with Crippen molar-refractivity contribution in [2.24, 2.45) is 0 Å². The summed E-state index contributed by atoms with van der Waals surface area (Å²) in [6.45, 7) is 4.17. The molecule has 10 heteroatoms. The van der Waals surface area contributed by atoms with Gasteiger partial charge in [0.2, 0.25) is 0 Å². The molecule has 0 amide bonds. The van der Waals surface area contributed by atoms with Crippen molar-refractivity contribution in [1.29, 1.82) is 0 Å². The number of nitrogens with one attached hydrogen (secondary N) is 1. The molecule has 0 spiro atoms. The molecule has 0 bridgehead atoms. The third kappa shape index (κ3) is 47.2. The van der Waals surface area contributed by atoms with Crippen molar-refractivity contribution < 1.29 is 37.6 Å². The van der Waals surface area contributed by atoms with Gasteiger partial charge in [-0.25, -0.2) is 4.57 Å². The molecule has 0 aliphatic carbocycles. The third-order valence-electron chi connectivity index (χ3n) is 10.6. The van der Waals surface area contributed by atoms with Crippen LogP contribution in [0, 0.1) is 0 Å². The summed E-state index contributed by atoms with van der Waals surface area (Å²) in [7, 11) is -2.67. The molecule has 0 aromatic rings. The van der Waals surface area contributed by atoms with Crippen molar-refractivity contribution in [1.82, 2.24) is 5.32 Å². The molecule has 2 N–H and O–H groups in total. The first-order valence-corrected chi connectivity index (χ1v) is 26.7. The lowest BCUT2D eigenvalue weighted by Gasteiger charge is -2.20. The van der Waals surface area contributed by atoms with Gasteiger partial charge in [-0.15, -0.1) is 0 Å². The first kappa shape index (κ1) is 59.7. The molecular weight excluding hydrogens is 798 g/mol. The van der Waals surface area contributed by atoms with E-state index in [1.54, 1.807) is 7.05 Å². The highest BCUT2D eigenvalue weighted by atomic mass is 31.2. The Hall–Kier alpha value is -2.29. The summed E-state index contributed by atoms with van der Waals surface area (Å²) in [5.41, 5.74) is 0. The van der Waals surface area contributed by atoms with E-state index < -0.39 is 32.5 Å². The molecule has 2 atom stereocenters. The lowest BCUT2D eigenvalue weighted by molar-refractivity contribution is -0.161. The Morgan fingerprint density at radius 2 is 0.871 bits per heavy atom. The number of phosphoric acid groups is 1. The number of hydrogen-bond acceptors (Lipinski definition) is 8. The summed E-state index contributed by atoms with van der Waals surface area (Å²) in [5, 5.41) is 2.83. The Balaban J connectivity index is 4.19. The SMILES string of the molecule is CCCCC/C=C\C/C=C\C/C=C\C/C=C\CCCCCC(=O)OCC(COP(=O)(O)OCCNC)OC(=O)CCCCCCCCCCCCC/C=C\CCCCCCCC. The Kier molecular flexibility index (Phi) is 46.4. The van der Waals surface area contributed by atoms with Crippen LogP contribution in [-0.2, 0) is 32.7 Å². The van der Waals surface area contributed by atoms with Crippen molar-refractivity contribution >= 4 is 19.8 Å². The van der Waals surface area contributed by atoms with Crippen LogP contribution in [0.5, 0.6) is 0 Å².